The molecule has 0 radical (unpaired) electrons. The zero-order chi connectivity index (χ0) is 9.84. The first-order valence-corrected chi connectivity index (χ1v) is 3.92. The standard InChI is InChI=1S/C6H14N6O/c1-2-13-3-12-5(8)10-4(7)11-6(12)9/h5H,2-3,8H2,1H3,(H4,7,9,10,11). The van der Waals surface area contributed by atoms with Crippen LogP contribution in [0.4, 0.5) is 0 Å². The summed E-state index contributed by atoms with van der Waals surface area (Å²) in [5.41, 5.74) is 16.5. The number of hydrogen-bond donors (Lipinski definition) is 3. The summed E-state index contributed by atoms with van der Waals surface area (Å²) in [6, 6.07) is 0. The first-order valence-electron chi connectivity index (χ1n) is 3.92. The van der Waals surface area contributed by atoms with Crippen LogP contribution in [0.5, 0.6) is 0 Å². The van der Waals surface area contributed by atoms with Crippen LogP contribution in [0, 0.1) is 0 Å². The molecule has 1 rings (SSSR count). The molecule has 0 spiro atoms. The van der Waals surface area contributed by atoms with E-state index in [1.54, 1.807) is 0 Å². The van der Waals surface area contributed by atoms with Crippen molar-refractivity contribution in [3.05, 3.63) is 0 Å². The van der Waals surface area contributed by atoms with Crippen molar-refractivity contribution < 1.29 is 4.74 Å². The molecule has 74 valence electrons. The van der Waals surface area contributed by atoms with Gasteiger partial charge in [-0.3, -0.25) is 10.6 Å². The van der Waals surface area contributed by atoms with E-state index in [-0.39, 0.29) is 18.6 Å². The second-order valence-corrected chi connectivity index (χ2v) is 2.46. The molecular weight excluding hydrogens is 172 g/mol. The molecule has 0 aromatic rings. The average molecular weight is 186 g/mol. The Morgan fingerprint density at radius 2 is 2.23 bits per heavy atom. The zero-order valence-corrected chi connectivity index (χ0v) is 7.47. The minimum Gasteiger partial charge on any atom is -0.369 e. The van der Waals surface area contributed by atoms with E-state index in [0.29, 0.717) is 6.61 Å². The Balaban J connectivity index is 2.61. The van der Waals surface area contributed by atoms with Crippen molar-refractivity contribution in [2.24, 2.45) is 27.2 Å². The maximum atomic E-state index is 5.62. The molecule has 0 aromatic carbocycles. The van der Waals surface area contributed by atoms with Crippen molar-refractivity contribution in [1.29, 1.82) is 0 Å². The lowest BCUT2D eigenvalue weighted by Gasteiger charge is -2.28. The number of hydrogen-bond acceptors (Lipinski definition) is 7. The van der Waals surface area contributed by atoms with Crippen LogP contribution in [0.1, 0.15) is 6.92 Å². The van der Waals surface area contributed by atoms with Gasteiger partial charge in [-0.05, 0) is 6.92 Å². The highest BCUT2D eigenvalue weighted by Crippen LogP contribution is 2.01. The van der Waals surface area contributed by atoms with Gasteiger partial charge in [0.2, 0.25) is 11.9 Å². The van der Waals surface area contributed by atoms with Crippen LogP contribution in [0.2, 0.25) is 0 Å². The van der Waals surface area contributed by atoms with Crippen molar-refractivity contribution in [1.82, 2.24) is 4.90 Å². The second kappa shape index (κ2) is 4.06. The fourth-order valence-electron chi connectivity index (χ4n) is 0.883. The number of nitrogens with zero attached hydrogens (tertiary/aromatic N) is 3. The molecule has 7 nitrogen and oxygen atoms in total. The van der Waals surface area contributed by atoms with E-state index in [1.165, 1.54) is 4.90 Å². The number of nitrogens with two attached hydrogens (primary N) is 3. The molecule has 13 heavy (non-hydrogen) atoms. The SMILES string of the molecule is CCOCN1C(N)=NC(N)=NC1N. The van der Waals surface area contributed by atoms with Gasteiger partial charge in [0, 0.05) is 6.61 Å². The highest BCUT2D eigenvalue weighted by atomic mass is 16.5. The molecule has 0 amide bonds. The maximum Gasteiger partial charge on any atom is 0.221 e. The van der Waals surface area contributed by atoms with Gasteiger partial charge in [0.1, 0.15) is 6.73 Å². The third kappa shape index (κ3) is 2.30. The van der Waals surface area contributed by atoms with Gasteiger partial charge in [-0.1, -0.05) is 0 Å². The van der Waals surface area contributed by atoms with Gasteiger partial charge in [0.25, 0.3) is 0 Å². The van der Waals surface area contributed by atoms with Crippen LogP contribution in [0.25, 0.3) is 0 Å². The molecular formula is C6H14N6O. The summed E-state index contributed by atoms with van der Waals surface area (Å²) in [5.74, 6) is 0.325. The van der Waals surface area contributed by atoms with Crippen molar-refractivity contribution >= 4 is 11.9 Å². The van der Waals surface area contributed by atoms with E-state index in [4.69, 9.17) is 21.9 Å². The largest absolute Gasteiger partial charge is 0.369 e. The highest BCUT2D eigenvalue weighted by molar-refractivity contribution is 5.95. The lowest BCUT2D eigenvalue weighted by Crippen LogP contribution is -2.52. The Bertz CT molecular complexity index is 237. The Labute approximate surface area is 76.2 Å². The minimum absolute atomic E-state index is 0.0951. The molecule has 0 bridgehead atoms. The van der Waals surface area contributed by atoms with Gasteiger partial charge >= 0.3 is 0 Å². The summed E-state index contributed by atoms with van der Waals surface area (Å²) in [6.07, 6.45) is -0.607. The second-order valence-electron chi connectivity index (χ2n) is 2.46. The normalized spacial score (nSPS) is 22.6. The predicted molar refractivity (Wildman–Crippen MR) is 49.6 cm³/mol. The summed E-state index contributed by atoms with van der Waals surface area (Å²) in [4.78, 5) is 9.09. The van der Waals surface area contributed by atoms with Crippen LogP contribution < -0.4 is 17.2 Å². The van der Waals surface area contributed by atoms with Crippen molar-refractivity contribution in [3.63, 3.8) is 0 Å². The lowest BCUT2D eigenvalue weighted by atomic mass is 10.6. The molecule has 1 aliphatic rings. The summed E-state index contributed by atoms with van der Waals surface area (Å²) in [5, 5.41) is 0. The van der Waals surface area contributed by atoms with Gasteiger partial charge in [-0.15, -0.1) is 0 Å². The van der Waals surface area contributed by atoms with Crippen LogP contribution in [0.3, 0.4) is 0 Å². The molecule has 0 saturated carbocycles. The van der Waals surface area contributed by atoms with E-state index in [2.05, 4.69) is 9.98 Å². The molecule has 1 aliphatic heterocycles. The summed E-state index contributed by atoms with van der Waals surface area (Å²) >= 11 is 0. The van der Waals surface area contributed by atoms with Gasteiger partial charge in [0.15, 0.2) is 6.29 Å². The molecule has 1 heterocycles. The molecule has 6 N–H and O–H groups in total. The van der Waals surface area contributed by atoms with Crippen LogP contribution in [0.15, 0.2) is 9.98 Å². The molecule has 1 unspecified atom stereocenters. The smallest absolute Gasteiger partial charge is 0.221 e. The van der Waals surface area contributed by atoms with E-state index in [9.17, 15) is 0 Å². The quantitative estimate of drug-likeness (QED) is 0.479. The highest BCUT2D eigenvalue weighted by Gasteiger charge is 2.20. The zero-order valence-electron chi connectivity index (χ0n) is 7.47. The van der Waals surface area contributed by atoms with Crippen molar-refractivity contribution in [2.75, 3.05) is 13.3 Å². The van der Waals surface area contributed by atoms with Crippen LogP contribution in [-0.4, -0.2) is 36.4 Å². The van der Waals surface area contributed by atoms with E-state index in [1.807, 2.05) is 6.92 Å². The molecule has 7 heteroatoms. The molecule has 1 atom stereocenters. The Morgan fingerprint density at radius 3 is 2.77 bits per heavy atom. The first-order chi connectivity index (χ1) is 6.15. The van der Waals surface area contributed by atoms with Gasteiger partial charge in [-0.25, -0.2) is 4.99 Å². The number of aliphatic imine (C=N–C) groups is 2. The summed E-state index contributed by atoms with van der Waals surface area (Å²) in [6.45, 7) is 2.72. The Kier molecular flexibility index (Phi) is 3.04. The summed E-state index contributed by atoms with van der Waals surface area (Å²) in [7, 11) is 0. The van der Waals surface area contributed by atoms with E-state index >= 15 is 0 Å². The van der Waals surface area contributed by atoms with Gasteiger partial charge < -0.3 is 16.2 Å². The Hall–Kier alpha value is -1.34. The van der Waals surface area contributed by atoms with Crippen molar-refractivity contribution in [2.45, 2.75) is 13.2 Å². The van der Waals surface area contributed by atoms with Crippen molar-refractivity contribution in [3.8, 4) is 0 Å². The van der Waals surface area contributed by atoms with Crippen LogP contribution >= 0.6 is 0 Å². The lowest BCUT2D eigenvalue weighted by molar-refractivity contribution is 0.0549. The summed E-state index contributed by atoms with van der Waals surface area (Å²) < 4.78 is 5.12. The fourth-order valence-corrected chi connectivity index (χ4v) is 0.883. The topological polar surface area (TPSA) is 115 Å². The third-order valence-corrected chi connectivity index (χ3v) is 1.54. The molecule has 0 aromatic heterocycles. The van der Waals surface area contributed by atoms with E-state index in [0.717, 1.165) is 0 Å². The Morgan fingerprint density at radius 1 is 1.54 bits per heavy atom. The number of ether oxygens (including phenoxy) is 1. The molecule has 0 fully saturated rings. The maximum absolute atomic E-state index is 5.62. The number of guanidine groups is 2. The molecule has 0 saturated heterocycles. The number of rotatable bonds is 3. The van der Waals surface area contributed by atoms with E-state index < -0.39 is 6.29 Å². The average Bonchev–Trinajstić information content (AvgIpc) is 2.02. The fraction of sp³-hybridized carbons (Fsp3) is 0.667. The first kappa shape index (κ1) is 9.75. The van der Waals surface area contributed by atoms with Gasteiger partial charge in [0.05, 0.1) is 0 Å². The van der Waals surface area contributed by atoms with Gasteiger partial charge in [-0.2, -0.15) is 4.99 Å². The molecule has 0 aliphatic carbocycles. The monoisotopic (exact) mass is 186 g/mol. The third-order valence-electron chi connectivity index (χ3n) is 1.54. The minimum atomic E-state index is -0.607. The van der Waals surface area contributed by atoms with Crippen LogP contribution in [-0.2, 0) is 4.74 Å². The predicted octanol–water partition coefficient (Wildman–Crippen LogP) is -1.83.